The molecule has 70 valence electrons. The summed E-state index contributed by atoms with van der Waals surface area (Å²) in [7, 11) is 0. The first-order chi connectivity index (χ1) is 6.86. The van der Waals surface area contributed by atoms with Gasteiger partial charge < -0.3 is 0 Å². The van der Waals surface area contributed by atoms with E-state index in [0.717, 1.165) is 5.03 Å². The normalized spacial score (nSPS) is 28.2. The standard InChI is InChI=1S/C11H8ClNS/c12-8-4-1-3-7-10-9(14-11(7)8)5-2-6-13-10/h1-7,11H. The van der Waals surface area contributed by atoms with E-state index in [9.17, 15) is 0 Å². The van der Waals surface area contributed by atoms with E-state index < -0.39 is 0 Å². The molecule has 1 nitrogen and oxygen atoms in total. The van der Waals surface area contributed by atoms with E-state index in [1.807, 2.05) is 36.2 Å². The van der Waals surface area contributed by atoms with Crippen molar-refractivity contribution in [1.82, 2.24) is 4.98 Å². The third-order valence-corrected chi connectivity index (χ3v) is 4.43. The monoisotopic (exact) mass is 221 g/mol. The second-order valence-electron chi connectivity index (χ2n) is 3.39. The molecule has 1 aliphatic carbocycles. The van der Waals surface area contributed by atoms with Crippen molar-refractivity contribution in [3.8, 4) is 0 Å². The van der Waals surface area contributed by atoms with Crippen LogP contribution in [0.15, 0.2) is 46.5 Å². The molecule has 0 N–H and O–H groups in total. The molecular weight excluding hydrogens is 214 g/mol. The zero-order valence-corrected chi connectivity index (χ0v) is 8.92. The van der Waals surface area contributed by atoms with Crippen LogP contribution in [-0.2, 0) is 0 Å². The van der Waals surface area contributed by atoms with Gasteiger partial charge in [0.05, 0.1) is 10.9 Å². The molecule has 1 aromatic heterocycles. The van der Waals surface area contributed by atoms with Crippen LogP contribution in [0.4, 0.5) is 0 Å². The molecule has 2 aliphatic rings. The largest absolute Gasteiger partial charge is 0.259 e. The number of fused-ring (bicyclic) bond motifs is 3. The minimum Gasteiger partial charge on any atom is -0.259 e. The topological polar surface area (TPSA) is 12.9 Å². The van der Waals surface area contributed by atoms with Gasteiger partial charge in [0, 0.05) is 22.0 Å². The van der Waals surface area contributed by atoms with Crippen LogP contribution in [0.5, 0.6) is 0 Å². The van der Waals surface area contributed by atoms with Gasteiger partial charge in [-0.25, -0.2) is 0 Å². The Morgan fingerprint density at radius 2 is 2.36 bits per heavy atom. The lowest BCUT2D eigenvalue weighted by Crippen LogP contribution is -2.11. The fourth-order valence-electron chi connectivity index (χ4n) is 1.89. The molecule has 0 bridgehead atoms. The van der Waals surface area contributed by atoms with Gasteiger partial charge in [-0.3, -0.25) is 4.98 Å². The first-order valence-corrected chi connectivity index (χ1v) is 5.77. The van der Waals surface area contributed by atoms with Crippen LogP contribution in [0, 0.1) is 0 Å². The fourth-order valence-corrected chi connectivity index (χ4v) is 3.53. The summed E-state index contributed by atoms with van der Waals surface area (Å²) >= 11 is 7.98. The number of thioether (sulfide) groups is 1. The van der Waals surface area contributed by atoms with Gasteiger partial charge in [-0.1, -0.05) is 23.8 Å². The second-order valence-corrected chi connectivity index (χ2v) is 5.01. The van der Waals surface area contributed by atoms with Gasteiger partial charge in [0.25, 0.3) is 0 Å². The van der Waals surface area contributed by atoms with Crippen molar-refractivity contribution >= 4 is 23.4 Å². The summed E-state index contributed by atoms with van der Waals surface area (Å²) in [6.07, 6.45) is 8.03. The molecule has 0 amide bonds. The third-order valence-electron chi connectivity index (χ3n) is 2.54. The summed E-state index contributed by atoms with van der Waals surface area (Å²) < 4.78 is 0. The maximum atomic E-state index is 6.17. The van der Waals surface area contributed by atoms with Crippen LogP contribution in [0.1, 0.15) is 11.6 Å². The maximum absolute atomic E-state index is 6.17. The SMILES string of the molecule is ClC1=CC=CC2c3ncccc3SC12. The van der Waals surface area contributed by atoms with Crippen molar-refractivity contribution in [2.24, 2.45) is 0 Å². The number of allylic oxidation sites excluding steroid dienone is 3. The van der Waals surface area contributed by atoms with Crippen molar-refractivity contribution < 1.29 is 0 Å². The molecule has 2 atom stereocenters. The Kier molecular flexibility index (Phi) is 1.92. The predicted octanol–water partition coefficient (Wildman–Crippen LogP) is 3.33. The first-order valence-electron chi connectivity index (χ1n) is 4.52. The average molecular weight is 222 g/mol. The van der Waals surface area contributed by atoms with Crippen LogP contribution in [-0.4, -0.2) is 10.2 Å². The van der Waals surface area contributed by atoms with Gasteiger partial charge in [-0.15, -0.1) is 11.8 Å². The van der Waals surface area contributed by atoms with Crippen LogP contribution < -0.4 is 0 Å². The van der Waals surface area contributed by atoms with Crippen molar-refractivity contribution in [3.05, 3.63) is 47.3 Å². The van der Waals surface area contributed by atoms with E-state index in [0.29, 0.717) is 11.2 Å². The Labute approximate surface area is 91.9 Å². The van der Waals surface area contributed by atoms with Gasteiger partial charge in [0.2, 0.25) is 0 Å². The highest BCUT2D eigenvalue weighted by Gasteiger charge is 2.35. The highest BCUT2D eigenvalue weighted by atomic mass is 35.5. The lowest BCUT2D eigenvalue weighted by atomic mass is 9.96. The summed E-state index contributed by atoms with van der Waals surface area (Å²) in [6.45, 7) is 0. The Hall–Kier alpha value is -0.730. The lowest BCUT2D eigenvalue weighted by molar-refractivity contribution is 0.828. The number of rotatable bonds is 0. The highest BCUT2D eigenvalue weighted by Crippen LogP contribution is 2.50. The molecule has 1 aliphatic heterocycles. The van der Waals surface area contributed by atoms with Crippen LogP contribution in [0.2, 0.25) is 0 Å². The van der Waals surface area contributed by atoms with Gasteiger partial charge in [0.15, 0.2) is 0 Å². The molecule has 2 heterocycles. The Morgan fingerprint density at radius 3 is 3.29 bits per heavy atom. The molecule has 14 heavy (non-hydrogen) atoms. The van der Waals surface area contributed by atoms with Gasteiger partial charge >= 0.3 is 0 Å². The summed E-state index contributed by atoms with van der Waals surface area (Å²) in [5, 5.41) is 1.28. The Morgan fingerprint density at radius 1 is 1.43 bits per heavy atom. The summed E-state index contributed by atoms with van der Waals surface area (Å²) in [5.74, 6) is 0.369. The minimum absolute atomic E-state index is 0.353. The first kappa shape index (κ1) is 8.57. The minimum atomic E-state index is 0.353. The maximum Gasteiger partial charge on any atom is 0.0623 e. The Bertz CT molecular complexity index is 439. The lowest BCUT2D eigenvalue weighted by Gasteiger charge is -2.17. The van der Waals surface area contributed by atoms with Gasteiger partial charge in [0.1, 0.15) is 0 Å². The predicted molar refractivity (Wildman–Crippen MR) is 59.7 cm³/mol. The van der Waals surface area contributed by atoms with E-state index in [1.54, 1.807) is 0 Å². The zero-order valence-electron chi connectivity index (χ0n) is 7.35. The third kappa shape index (κ3) is 1.14. The summed E-state index contributed by atoms with van der Waals surface area (Å²) in [4.78, 5) is 5.68. The molecule has 0 fully saturated rings. The van der Waals surface area contributed by atoms with Crippen molar-refractivity contribution in [3.63, 3.8) is 0 Å². The number of nitrogens with zero attached hydrogens (tertiary/aromatic N) is 1. The van der Waals surface area contributed by atoms with Crippen LogP contribution in [0.25, 0.3) is 0 Å². The van der Waals surface area contributed by atoms with Gasteiger partial charge in [-0.05, 0) is 18.2 Å². The van der Waals surface area contributed by atoms with E-state index in [4.69, 9.17) is 11.6 Å². The number of halogens is 1. The Balaban J connectivity index is 2.11. The van der Waals surface area contributed by atoms with E-state index >= 15 is 0 Å². The number of aromatic nitrogens is 1. The number of hydrogen-bond acceptors (Lipinski definition) is 2. The average Bonchev–Trinajstić information content (AvgIpc) is 2.59. The molecule has 0 saturated heterocycles. The zero-order chi connectivity index (χ0) is 9.54. The molecule has 1 aromatic rings. The molecule has 0 aromatic carbocycles. The van der Waals surface area contributed by atoms with Crippen molar-refractivity contribution in [2.45, 2.75) is 16.1 Å². The quantitative estimate of drug-likeness (QED) is 0.667. The molecule has 2 unspecified atom stereocenters. The van der Waals surface area contributed by atoms with E-state index in [1.165, 1.54) is 10.6 Å². The summed E-state index contributed by atoms with van der Waals surface area (Å²) in [5.41, 5.74) is 1.17. The highest BCUT2D eigenvalue weighted by molar-refractivity contribution is 8.00. The number of hydrogen-bond donors (Lipinski definition) is 0. The molecule has 3 heteroatoms. The van der Waals surface area contributed by atoms with Crippen molar-refractivity contribution in [2.75, 3.05) is 0 Å². The van der Waals surface area contributed by atoms with Crippen LogP contribution in [0.3, 0.4) is 0 Å². The van der Waals surface area contributed by atoms with Gasteiger partial charge in [-0.2, -0.15) is 0 Å². The fraction of sp³-hybridized carbons (Fsp3) is 0.182. The molecule has 0 saturated carbocycles. The molecular formula is C11H8ClNS. The second kappa shape index (κ2) is 3.14. The van der Waals surface area contributed by atoms with Crippen molar-refractivity contribution in [1.29, 1.82) is 0 Å². The van der Waals surface area contributed by atoms with E-state index in [-0.39, 0.29) is 0 Å². The van der Waals surface area contributed by atoms with Crippen LogP contribution >= 0.6 is 23.4 Å². The number of pyridine rings is 1. The summed E-state index contributed by atoms with van der Waals surface area (Å²) in [6, 6.07) is 4.09. The van der Waals surface area contributed by atoms with E-state index in [2.05, 4.69) is 17.1 Å². The smallest absolute Gasteiger partial charge is 0.0623 e. The molecule has 0 radical (unpaired) electrons. The molecule has 0 spiro atoms. The molecule has 3 rings (SSSR count).